The van der Waals surface area contributed by atoms with Gasteiger partial charge >= 0.3 is 6.18 Å². The molecule has 6 heteroatoms. The number of alkyl halides is 3. The maximum absolute atomic E-state index is 13.1. The van der Waals surface area contributed by atoms with Crippen molar-refractivity contribution in [2.24, 2.45) is 11.5 Å². The third kappa shape index (κ3) is 2.66. The zero-order valence-electron chi connectivity index (χ0n) is 7.68. The number of rotatable bonds is 2. The molecule has 1 aromatic rings. The van der Waals surface area contributed by atoms with Crippen molar-refractivity contribution in [3.63, 3.8) is 0 Å². The summed E-state index contributed by atoms with van der Waals surface area (Å²) in [6.45, 7) is -0.113. The molecule has 0 radical (unpaired) electrons. The predicted molar refractivity (Wildman–Crippen MR) is 47.4 cm³/mol. The van der Waals surface area contributed by atoms with Crippen LogP contribution in [0.15, 0.2) is 18.2 Å². The van der Waals surface area contributed by atoms with Crippen LogP contribution in [0.3, 0.4) is 0 Å². The van der Waals surface area contributed by atoms with Crippen molar-refractivity contribution in [3.8, 4) is 0 Å². The van der Waals surface area contributed by atoms with Crippen molar-refractivity contribution in [1.29, 1.82) is 0 Å². The summed E-state index contributed by atoms with van der Waals surface area (Å²) in [5.41, 5.74) is 9.39. The fourth-order valence-corrected chi connectivity index (χ4v) is 1.13. The summed E-state index contributed by atoms with van der Waals surface area (Å²) in [5, 5.41) is 0. The van der Waals surface area contributed by atoms with Crippen molar-refractivity contribution in [1.82, 2.24) is 0 Å². The van der Waals surface area contributed by atoms with Crippen LogP contribution in [0.2, 0.25) is 0 Å². The zero-order chi connectivity index (χ0) is 11.6. The zero-order valence-corrected chi connectivity index (χ0v) is 7.68. The van der Waals surface area contributed by atoms with E-state index >= 15 is 0 Å². The molecule has 84 valence electrons. The average molecular weight is 222 g/mol. The van der Waals surface area contributed by atoms with E-state index in [-0.39, 0.29) is 12.1 Å². The van der Waals surface area contributed by atoms with Crippen LogP contribution in [-0.4, -0.2) is 6.54 Å². The van der Waals surface area contributed by atoms with E-state index < -0.39 is 23.6 Å². The fourth-order valence-electron chi connectivity index (χ4n) is 1.13. The third-order valence-electron chi connectivity index (χ3n) is 1.98. The van der Waals surface area contributed by atoms with Gasteiger partial charge in [-0.05, 0) is 18.2 Å². The van der Waals surface area contributed by atoms with Crippen LogP contribution < -0.4 is 11.5 Å². The average Bonchev–Trinajstić information content (AvgIpc) is 2.15. The Labute approximate surface area is 83.9 Å². The largest absolute Gasteiger partial charge is 0.416 e. The van der Waals surface area contributed by atoms with Gasteiger partial charge in [-0.2, -0.15) is 13.2 Å². The molecule has 0 aromatic heterocycles. The van der Waals surface area contributed by atoms with Crippen LogP contribution in [0.5, 0.6) is 0 Å². The maximum Gasteiger partial charge on any atom is 0.416 e. The van der Waals surface area contributed by atoms with Crippen LogP contribution in [0.4, 0.5) is 17.6 Å². The second kappa shape index (κ2) is 4.16. The molecule has 0 fully saturated rings. The highest BCUT2D eigenvalue weighted by Gasteiger charge is 2.31. The van der Waals surface area contributed by atoms with Crippen LogP contribution in [0.1, 0.15) is 17.2 Å². The Morgan fingerprint density at radius 2 is 1.87 bits per heavy atom. The smallest absolute Gasteiger partial charge is 0.329 e. The summed E-state index contributed by atoms with van der Waals surface area (Å²) < 4.78 is 49.9. The molecule has 2 nitrogen and oxygen atoms in total. The predicted octanol–water partition coefficient (Wildman–Crippen LogP) is 1.80. The Morgan fingerprint density at radius 3 is 2.33 bits per heavy atom. The minimum atomic E-state index is -4.50. The molecule has 0 aliphatic rings. The molecule has 1 rings (SSSR count). The van der Waals surface area contributed by atoms with Gasteiger partial charge in [0.25, 0.3) is 0 Å². The molecule has 0 unspecified atom stereocenters. The molecule has 0 spiro atoms. The molecule has 0 aliphatic carbocycles. The van der Waals surface area contributed by atoms with Crippen molar-refractivity contribution < 1.29 is 17.6 Å². The number of hydrogen-bond acceptors (Lipinski definition) is 2. The Morgan fingerprint density at radius 1 is 1.27 bits per heavy atom. The first-order valence-corrected chi connectivity index (χ1v) is 4.18. The minimum absolute atomic E-state index is 0.113. The lowest BCUT2D eigenvalue weighted by Gasteiger charge is -2.13. The van der Waals surface area contributed by atoms with Gasteiger partial charge in [0.1, 0.15) is 5.82 Å². The molecule has 0 saturated heterocycles. The lowest BCUT2D eigenvalue weighted by Crippen LogP contribution is -2.22. The summed E-state index contributed by atoms with van der Waals surface area (Å²) in [6, 6.07) is 1.18. The molecule has 1 aromatic carbocycles. The number of benzene rings is 1. The summed E-state index contributed by atoms with van der Waals surface area (Å²) >= 11 is 0. The van der Waals surface area contributed by atoms with E-state index in [1.165, 1.54) is 0 Å². The van der Waals surface area contributed by atoms with Crippen LogP contribution in [0.25, 0.3) is 0 Å². The first kappa shape index (κ1) is 11.9. The molecule has 0 bridgehead atoms. The van der Waals surface area contributed by atoms with Gasteiger partial charge < -0.3 is 11.5 Å². The summed E-state index contributed by atoms with van der Waals surface area (Å²) in [7, 11) is 0. The van der Waals surface area contributed by atoms with E-state index in [1.54, 1.807) is 0 Å². The molecule has 1 atom stereocenters. The second-order valence-corrected chi connectivity index (χ2v) is 3.08. The van der Waals surface area contributed by atoms with Crippen molar-refractivity contribution in [2.45, 2.75) is 12.2 Å². The quantitative estimate of drug-likeness (QED) is 0.749. The molecular weight excluding hydrogens is 212 g/mol. The first-order valence-electron chi connectivity index (χ1n) is 4.18. The lowest BCUT2D eigenvalue weighted by molar-refractivity contribution is -0.137. The monoisotopic (exact) mass is 222 g/mol. The van der Waals surface area contributed by atoms with E-state index in [0.29, 0.717) is 12.1 Å². The summed E-state index contributed by atoms with van der Waals surface area (Å²) in [5.74, 6) is -0.777. The SMILES string of the molecule is NC[C@@H](N)c1cc(C(F)(F)F)ccc1F. The Balaban J connectivity index is 3.17. The normalized spacial score (nSPS) is 14.0. The molecule has 4 N–H and O–H groups in total. The Kier molecular flexibility index (Phi) is 3.31. The van der Waals surface area contributed by atoms with Gasteiger partial charge in [-0.1, -0.05) is 0 Å². The first-order chi connectivity index (χ1) is 6.86. The highest BCUT2D eigenvalue weighted by atomic mass is 19.4. The van der Waals surface area contributed by atoms with Gasteiger partial charge in [0.15, 0.2) is 0 Å². The van der Waals surface area contributed by atoms with Crippen molar-refractivity contribution in [2.75, 3.05) is 6.54 Å². The molecular formula is C9H10F4N2. The van der Waals surface area contributed by atoms with E-state index in [4.69, 9.17) is 11.5 Å². The van der Waals surface area contributed by atoms with Crippen molar-refractivity contribution >= 4 is 0 Å². The maximum atomic E-state index is 13.1. The Hall–Kier alpha value is -1.14. The van der Waals surface area contributed by atoms with Crippen LogP contribution >= 0.6 is 0 Å². The molecule has 15 heavy (non-hydrogen) atoms. The van der Waals surface area contributed by atoms with E-state index in [9.17, 15) is 17.6 Å². The third-order valence-corrected chi connectivity index (χ3v) is 1.98. The summed E-state index contributed by atoms with van der Waals surface area (Å²) in [6.07, 6.45) is -4.50. The van der Waals surface area contributed by atoms with Crippen LogP contribution in [-0.2, 0) is 6.18 Å². The fraction of sp³-hybridized carbons (Fsp3) is 0.333. The number of hydrogen-bond donors (Lipinski definition) is 2. The van der Waals surface area contributed by atoms with E-state index in [2.05, 4.69) is 0 Å². The van der Waals surface area contributed by atoms with Gasteiger partial charge in [-0.15, -0.1) is 0 Å². The second-order valence-electron chi connectivity index (χ2n) is 3.08. The minimum Gasteiger partial charge on any atom is -0.329 e. The molecule has 0 saturated carbocycles. The van der Waals surface area contributed by atoms with Gasteiger partial charge in [0.2, 0.25) is 0 Å². The molecule has 0 aliphatic heterocycles. The highest BCUT2D eigenvalue weighted by molar-refractivity contribution is 5.29. The molecule has 0 amide bonds. The van der Waals surface area contributed by atoms with Gasteiger partial charge in [-0.25, -0.2) is 4.39 Å². The Bertz CT molecular complexity index is 348. The van der Waals surface area contributed by atoms with Gasteiger partial charge in [0.05, 0.1) is 5.56 Å². The van der Waals surface area contributed by atoms with E-state index in [0.717, 1.165) is 6.07 Å². The number of halogens is 4. The molecule has 0 heterocycles. The lowest BCUT2D eigenvalue weighted by atomic mass is 10.0. The van der Waals surface area contributed by atoms with Crippen LogP contribution in [0, 0.1) is 5.82 Å². The van der Waals surface area contributed by atoms with Gasteiger partial charge in [0, 0.05) is 18.2 Å². The summed E-state index contributed by atoms with van der Waals surface area (Å²) in [4.78, 5) is 0. The highest BCUT2D eigenvalue weighted by Crippen LogP contribution is 2.31. The van der Waals surface area contributed by atoms with Gasteiger partial charge in [-0.3, -0.25) is 0 Å². The topological polar surface area (TPSA) is 52.0 Å². The number of nitrogens with two attached hydrogens (primary N) is 2. The van der Waals surface area contributed by atoms with E-state index in [1.807, 2.05) is 0 Å². The standard InChI is InChI=1S/C9H10F4N2/c10-7-2-1-5(9(11,12)13)3-6(7)8(15)4-14/h1-3,8H,4,14-15H2/t8-/m1/s1. The van der Waals surface area contributed by atoms with Crippen molar-refractivity contribution in [3.05, 3.63) is 35.1 Å².